The van der Waals surface area contributed by atoms with Gasteiger partial charge in [-0.15, -0.1) is 5.10 Å². The lowest BCUT2D eigenvalue weighted by molar-refractivity contribution is 0.568. The van der Waals surface area contributed by atoms with Crippen LogP contribution in [-0.2, 0) is 16.4 Å². The fourth-order valence-corrected chi connectivity index (χ4v) is 2.35. The lowest BCUT2D eigenvalue weighted by Crippen LogP contribution is -2.21. The van der Waals surface area contributed by atoms with Gasteiger partial charge in [0, 0.05) is 6.20 Å². The predicted octanol–water partition coefficient (Wildman–Crippen LogP) is 1.95. The molecule has 0 N–H and O–H groups in total. The molecular formula is C10H18BrN3O2S. The molecule has 1 unspecified atom stereocenters. The molecule has 0 spiro atoms. The molecule has 5 nitrogen and oxygen atoms in total. The second kappa shape index (κ2) is 5.95. The lowest BCUT2D eigenvalue weighted by Gasteiger charge is -2.06. The third kappa shape index (κ3) is 4.06. The van der Waals surface area contributed by atoms with Crippen LogP contribution in [0.5, 0.6) is 0 Å². The zero-order valence-corrected chi connectivity index (χ0v) is 12.7. The van der Waals surface area contributed by atoms with Crippen molar-refractivity contribution in [3.8, 4) is 0 Å². The molecule has 0 aliphatic heterocycles. The molecule has 98 valence electrons. The van der Waals surface area contributed by atoms with Crippen LogP contribution < -0.4 is 0 Å². The highest BCUT2D eigenvalue weighted by atomic mass is 79.9. The maximum atomic E-state index is 11.6. The topological polar surface area (TPSA) is 64.8 Å². The second-order valence-electron chi connectivity index (χ2n) is 4.20. The van der Waals surface area contributed by atoms with E-state index in [0.29, 0.717) is 6.54 Å². The number of nitrogens with zero attached hydrogens (tertiary/aromatic N) is 3. The zero-order chi connectivity index (χ0) is 13.1. The molecule has 1 aromatic rings. The maximum Gasteiger partial charge on any atom is 0.154 e. The molecule has 1 atom stereocenters. The van der Waals surface area contributed by atoms with Gasteiger partial charge in [0.15, 0.2) is 9.84 Å². The number of aryl methyl sites for hydroxylation is 1. The first-order chi connectivity index (χ1) is 7.86. The summed E-state index contributed by atoms with van der Waals surface area (Å²) < 4.78 is 24.8. The summed E-state index contributed by atoms with van der Waals surface area (Å²) in [5, 5.41) is 7.58. The Morgan fingerprint density at radius 1 is 1.47 bits per heavy atom. The minimum absolute atomic E-state index is 0.104. The van der Waals surface area contributed by atoms with E-state index in [2.05, 4.69) is 26.2 Å². The Morgan fingerprint density at radius 3 is 2.65 bits per heavy atom. The van der Waals surface area contributed by atoms with Crippen molar-refractivity contribution in [1.29, 1.82) is 0 Å². The summed E-state index contributed by atoms with van der Waals surface area (Å²) in [4.78, 5) is 0.179. The van der Waals surface area contributed by atoms with E-state index in [9.17, 15) is 8.42 Å². The Balaban J connectivity index is 2.62. The van der Waals surface area contributed by atoms with Crippen molar-refractivity contribution in [3.63, 3.8) is 0 Å². The number of aromatic nitrogens is 3. The summed E-state index contributed by atoms with van der Waals surface area (Å²) in [6, 6.07) is 0. The molecular weight excluding hydrogens is 306 g/mol. The lowest BCUT2D eigenvalue weighted by atomic mass is 10.3. The fraction of sp³-hybridized carbons (Fsp3) is 0.800. The van der Waals surface area contributed by atoms with E-state index in [1.807, 2.05) is 6.92 Å². The average molecular weight is 324 g/mol. The van der Waals surface area contributed by atoms with Crippen LogP contribution in [0, 0.1) is 0 Å². The molecule has 7 heteroatoms. The number of sulfone groups is 1. The highest BCUT2D eigenvalue weighted by molar-refractivity contribution is 9.09. The van der Waals surface area contributed by atoms with Gasteiger partial charge in [-0.2, -0.15) is 0 Å². The summed E-state index contributed by atoms with van der Waals surface area (Å²) in [6.45, 7) is 5.78. The van der Waals surface area contributed by atoms with Gasteiger partial charge in [0.25, 0.3) is 0 Å². The molecule has 0 radical (unpaired) electrons. The van der Waals surface area contributed by atoms with Gasteiger partial charge < -0.3 is 0 Å². The Morgan fingerprint density at radius 2 is 2.12 bits per heavy atom. The molecule has 17 heavy (non-hydrogen) atoms. The third-order valence-corrected chi connectivity index (χ3v) is 5.86. The second-order valence-corrected chi connectivity index (χ2v) is 7.98. The van der Waals surface area contributed by atoms with Crippen molar-refractivity contribution in [1.82, 2.24) is 15.0 Å². The maximum absolute atomic E-state index is 11.6. The van der Waals surface area contributed by atoms with Crippen LogP contribution in [0.1, 0.15) is 37.7 Å². The van der Waals surface area contributed by atoms with Crippen molar-refractivity contribution >= 4 is 25.8 Å². The molecule has 1 heterocycles. The molecule has 0 aromatic carbocycles. The van der Waals surface area contributed by atoms with Crippen molar-refractivity contribution < 1.29 is 8.42 Å². The van der Waals surface area contributed by atoms with Gasteiger partial charge >= 0.3 is 0 Å². The fourth-order valence-electron chi connectivity index (χ4n) is 1.23. The van der Waals surface area contributed by atoms with Crippen LogP contribution in [-0.4, -0.2) is 34.4 Å². The largest absolute Gasteiger partial charge is 0.251 e. The van der Waals surface area contributed by atoms with E-state index in [1.54, 1.807) is 24.7 Å². The third-order valence-electron chi connectivity index (χ3n) is 2.56. The van der Waals surface area contributed by atoms with Crippen molar-refractivity contribution in [2.75, 3.05) is 5.75 Å². The minimum atomic E-state index is -3.01. The van der Waals surface area contributed by atoms with Crippen LogP contribution in [0.2, 0.25) is 0 Å². The standard InChI is InChI=1S/C10H18BrN3O2S/c1-4-9(11)10-7-14(13-12-10)5-6-17(15,16)8(2)3/h7-9H,4-6H2,1-3H3. The highest BCUT2D eigenvalue weighted by Gasteiger charge is 2.16. The van der Waals surface area contributed by atoms with Crippen molar-refractivity contribution in [2.24, 2.45) is 0 Å². The minimum Gasteiger partial charge on any atom is -0.251 e. The van der Waals surface area contributed by atoms with Gasteiger partial charge in [0.05, 0.1) is 28.1 Å². The predicted molar refractivity (Wildman–Crippen MR) is 70.9 cm³/mol. The van der Waals surface area contributed by atoms with Crippen LogP contribution in [0.4, 0.5) is 0 Å². The first kappa shape index (κ1) is 14.6. The molecule has 0 aliphatic carbocycles. The number of alkyl halides is 1. The van der Waals surface area contributed by atoms with E-state index >= 15 is 0 Å². The molecule has 1 aromatic heterocycles. The first-order valence-electron chi connectivity index (χ1n) is 5.62. The molecule has 0 fully saturated rings. The highest BCUT2D eigenvalue weighted by Crippen LogP contribution is 2.23. The summed E-state index contributed by atoms with van der Waals surface area (Å²) in [7, 11) is -3.01. The van der Waals surface area contributed by atoms with Crippen LogP contribution in [0.3, 0.4) is 0 Å². The van der Waals surface area contributed by atoms with Gasteiger partial charge in [-0.25, -0.2) is 8.42 Å². The van der Waals surface area contributed by atoms with E-state index in [0.717, 1.165) is 12.1 Å². The van der Waals surface area contributed by atoms with E-state index < -0.39 is 9.84 Å². The molecule has 0 aliphatic rings. The van der Waals surface area contributed by atoms with Gasteiger partial charge in [-0.1, -0.05) is 28.1 Å². The van der Waals surface area contributed by atoms with E-state index in [4.69, 9.17) is 0 Å². The van der Waals surface area contributed by atoms with Crippen LogP contribution in [0.25, 0.3) is 0 Å². The van der Waals surface area contributed by atoms with Crippen molar-refractivity contribution in [2.45, 2.75) is 43.8 Å². The summed E-state index contributed by atoms with van der Waals surface area (Å²) in [5.74, 6) is 0.104. The number of halogens is 1. The molecule has 0 bridgehead atoms. The summed E-state index contributed by atoms with van der Waals surface area (Å²) in [6.07, 6.45) is 2.71. The molecule has 0 amide bonds. The molecule has 1 rings (SSSR count). The smallest absolute Gasteiger partial charge is 0.154 e. The SMILES string of the molecule is CCC(Br)c1cn(CCS(=O)(=O)C(C)C)nn1. The zero-order valence-electron chi connectivity index (χ0n) is 10.3. The van der Waals surface area contributed by atoms with Gasteiger partial charge in [-0.05, 0) is 20.3 Å². The van der Waals surface area contributed by atoms with Crippen molar-refractivity contribution in [3.05, 3.63) is 11.9 Å². The normalized spacial score (nSPS) is 14.2. The summed E-state index contributed by atoms with van der Waals surface area (Å²) in [5.41, 5.74) is 0.842. The first-order valence-corrected chi connectivity index (χ1v) is 8.25. The quantitative estimate of drug-likeness (QED) is 0.750. The molecule has 0 saturated heterocycles. The monoisotopic (exact) mass is 323 g/mol. The number of hydrogen-bond donors (Lipinski definition) is 0. The summed E-state index contributed by atoms with van der Waals surface area (Å²) >= 11 is 3.48. The van der Waals surface area contributed by atoms with Gasteiger partial charge in [0.2, 0.25) is 0 Å². The van der Waals surface area contributed by atoms with Crippen LogP contribution in [0.15, 0.2) is 6.20 Å². The molecule has 0 saturated carbocycles. The Hall–Kier alpha value is -0.430. The number of rotatable bonds is 6. The van der Waals surface area contributed by atoms with Gasteiger partial charge in [0.1, 0.15) is 0 Å². The Bertz CT molecular complexity index is 456. The van der Waals surface area contributed by atoms with Crippen LogP contribution >= 0.6 is 15.9 Å². The Labute approximate surface area is 111 Å². The Kier molecular flexibility index (Phi) is 5.12. The van der Waals surface area contributed by atoms with Gasteiger partial charge in [-0.3, -0.25) is 4.68 Å². The van der Waals surface area contributed by atoms with E-state index in [1.165, 1.54) is 0 Å². The average Bonchev–Trinajstić information content (AvgIpc) is 2.74. The number of hydrogen-bond acceptors (Lipinski definition) is 4. The van der Waals surface area contributed by atoms with E-state index in [-0.39, 0.29) is 15.8 Å².